The summed E-state index contributed by atoms with van der Waals surface area (Å²) in [5.41, 5.74) is 1.37. The van der Waals surface area contributed by atoms with Crippen LogP contribution in [0, 0.1) is 19.3 Å². The number of nitrogens with zero attached hydrogens (tertiary/aromatic N) is 1. The van der Waals surface area contributed by atoms with Gasteiger partial charge in [-0.2, -0.15) is 0 Å². The summed E-state index contributed by atoms with van der Waals surface area (Å²) < 4.78 is 0. The molecule has 0 saturated carbocycles. The highest BCUT2D eigenvalue weighted by molar-refractivity contribution is 6.08. The molecule has 0 saturated heterocycles. The molecule has 18 heavy (non-hydrogen) atoms. The largest absolute Gasteiger partial charge is 0.480 e. The second-order valence-electron chi connectivity index (χ2n) is 5.08. The van der Waals surface area contributed by atoms with E-state index in [1.165, 1.54) is 18.7 Å². The van der Waals surface area contributed by atoms with E-state index in [1.807, 2.05) is 32.0 Å². The van der Waals surface area contributed by atoms with Crippen molar-refractivity contribution in [2.24, 2.45) is 5.41 Å². The lowest BCUT2D eigenvalue weighted by molar-refractivity contribution is -0.152. The van der Waals surface area contributed by atoms with Crippen molar-refractivity contribution < 1.29 is 14.7 Å². The van der Waals surface area contributed by atoms with E-state index < -0.39 is 17.3 Å². The normalized spacial score (nSPS) is 11.2. The maximum atomic E-state index is 12.2. The molecule has 0 unspecified atom stereocenters. The molecule has 98 valence electrons. The Bertz CT molecular complexity index is 492. The minimum absolute atomic E-state index is 0.429. The Morgan fingerprint density at radius 3 is 2.22 bits per heavy atom. The third-order valence-corrected chi connectivity index (χ3v) is 3.09. The number of carboxylic acid groups (broad SMARTS) is 1. The Labute approximate surface area is 107 Å². The summed E-state index contributed by atoms with van der Waals surface area (Å²) in [5, 5.41) is 9.07. The second-order valence-corrected chi connectivity index (χ2v) is 5.08. The molecular weight excluding hydrogens is 230 g/mol. The van der Waals surface area contributed by atoms with Crippen LogP contribution in [0.5, 0.6) is 0 Å². The summed E-state index contributed by atoms with van der Waals surface area (Å²) in [6.07, 6.45) is 0. The standard InChI is InChI=1S/C14H19NO3/c1-9-6-7-11(10(2)8-9)15(5)12(16)14(3,4)13(17)18/h6-8H,1-5H3,(H,17,18). The van der Waals surface area contributed by atoms with Gasteiger partial charge in [0, 0.05) is 12.7 Å². The number of carboxylic acids is 1. The Balaban J connectivity index is 3.11. The average Bonchev–Trinajstić information content (AvgIpc) is 2.26. The molecule has 0 atom stereocenters. The van der Waals surface area contributed by atoms with Crippen LogP contribution in [0.4, 0.5) is 5.69 Å². The lowest BCUT2D eigenvalue weighted by atomic mass is 9.91. The van der Waals surface area contributed by atoms with Crippen LogP contribution in [0.2, 0.25) is 0 Å². The lowest BCUT2D eigenvalue weighted by Gasteiger charge is -2.27. The minimum atomic E-state index is -1.42. The van der Waals surface area contributed by atoms with Crippen LogP contribution in [0.25, 0.3) is 0 Å². The molecule has 1 N–H and O–H groups in total. The van der Waals surface area contributed by atoms with Gasteiger partial charge in [-0.25, -0.2) is 0 Å². The number of hydrogen-bond acceptors (Lipinski definition) is 2. The van der Waals surface area contributed by atoms with Crippen molar-refractivity contribution in [3.8, 4) is 0 Å². The lowest BCUT2D eigenvalue weighted by Crippen LogP contribution is -2.43. The fraction of sp³-hybridized carbons (Fsp3) is 0.429. The van der Waals surface area contributed by atoms with Gasteiger partial charge in [-0.15, -0.1) is 0 Å². The molecule has 1 rings (SSSR count). The van der Waals surface area contributed by atoms with E-state index in [-0.39, 0.29) is 0 Å². The molecule has 0 aliphatic carbocycles. The zero-order chi connectivity index (χ0) is 14.1. The first-order chi connectivity index (χ1) is 8.17. The van der Waals surface area contributed by atoms with Crippen molar-refractivity contribution in [3.05, 3.63) is 29.3 Å². The fourth-order valence-corrected chi connectivity index (χ4v) is 1.80. The molecule has 0 aliphatic rings. The molecule has 0 spiro atoms. The summed E-state index contributed by atoms with van der Waals surface area (Å²) >= 11 is 0. The van der Waals surface area contributed by atoms with Crippen LogP contribution in [-0.2, 0) is 9.59 Å². The molecule has 4 nitrogen and oxygen atoms in total. The maximum Gasteiger partial charge on any atom is 0.318 e. The molecule has 4 heteroatoms. The Morgan fingerprint density at radius 1 is 1.22 bits per heavy atom. The third kappa shape index (κ3) is 2.53. The zero-order valence-electron chi connectivity index (χ0n) is 11.4. The predicted molar refractivity (Wildman–Crippen MR) is 70.7 cm³/mol. The van der Waals surface area contributed by atoms with Crippen LogP contribution in [-0.4, -0.2) is 24.0 Å². The summed E-state index contributed by atoms with van der Waals surface area (Å²) in [4.78, 5) is 24.7. The van der Waals surface area contributed by atoms with Gasteiger partial charge in [-0.05, 0) is 39.3 Å². The number of rotatable bonds is 3. The number of aliphatic carboxylic acids is 1. The molecule has 0 aromatic heterocycles. The van der Waals surface area contributed by atoms with Crippen LogP contribution < -0.4 is 4.90 Å². The van der Waals surface area contributed by atoms with Gasteiger partial charge in [0.25, 0.3) is 0 Å². The number of benzene rings is 1. The fourth-order valence-electron chi connectivity index (χ4n) is 1.80. The van der Waals surface area contributed by atoms with Gasteiger partial charge in [0.05, 0.1) is 0 Å². The van der Waals surface area contributed by atoms with Crippen LogP contribution in [0.3, 0.4) is 0 Å². The number of hydrogen-bond donors (Lipinski definition) is 1. The molecule has 1 amide bonds. The molecule has 0 fully saturated rings. The summed E-state index contributed by atoms with van der Waals surface area (Å²) in [6, 6.07) is 5.70. The van der Waals surface area contributed by atoms with Crippen molar-refractivity contribution in [2.75, 3.05) is 11.9 Å². The molecule has 0 aliphatic heterocycles. The van der Waals surface area contributed by atoms with Gasteiger partial charge in [0.1, 0.15) is 5.41 Å². The summed E-state index contributed by atoms with van der Waals surface area (Å²) in [7, 11) is 1.60. The zero-order valence-corrected chi connectivity index (χ0v) is 11.4. The van der Waals surface area contributed by atoms with E-state index in [9.17, 15) is 9.59 Å². The van der Waals surface area contributed by atoms with Gasteiger partial charge < -0.3 is 10.0 Å². The average molecular weight is 249 g/mol. The first-order valence-electron chi connectivity index (χ1n) is 5.76. The van der Waals surface area contributed by atoms with Crippen molar-refractivity contribution in [1.82, 2.24) is 0 Å². The minimum Gasteiger partial charge on any atom is -0.480 e. The number of amides is 1. The van der Waals surface area contributed by atoms with Crippen LogP contribution >= 0.6 is 0 Å². The van der Waals surface area contributed by atoms with Gasteiger partial charge in [-0.3, -0.25) is 9.59 Å². The van der Waals surface area contributed by atoms with E-state index in [4.69, 9.17) is 5.11 Å². The van der Waals surface area contributed by atoms with Crippen LogP contribution in [0.1, 0.15) is 25.0 Å². The van der Waals surface area contributed by atoms with Crippen molar-refractivity contribution >= 4 is 17.6 Å². The molecule has 1 aromatic rings. The van der Waals surface area contributed by atoms with E-state index in [1.54, 1.807) is 7.05 Å². The Hall–Kier alpha value is -1.84. The van der Waals surface area contributed by atoms with Gasteiger partial charge in [0.2, 0.25) is 5.91 Å². The SMILES string of the molecule is Cc1ccc(N(C)C(=O)C(C)(C)C(=O)O)c(C)c1. The first kappa shape index (κ1) is 14.2. The molecule has 1 aromatic carbocycles. The predicted octanol–water partition coefficient (Wildman–Crippen LogP) is 2.38. The smallest absolute Gasteiger partial charge is 0.318 e. The van der Waals surface area contributed by atoms with E-state index >= 15 is 0 Å². The summed E-state index contributed by atoms with van der Waals surface area (Å²) in [6.45, 7) is 6.70. The second kappa shape index (κ2) is 4.80. The highest BCUT2D eigenvalue weighted by Gasteiger charge is 2.38. The number of carbonyl (C=O) groups is 2. The Morgan fingerprint density at radius 2 is 1.78 bits per heavy atom. The topological polar surface area (TPSA) is 57.6 Å². The van der Waals surface area contributed by atoms with E-state index in [2.05, 4.69) is 0 Å². The van der Waals surface area contributed by atoms with Crippen molar-refractivity contribution in [3.63, 3.8) is 0 Å². The van der Waals surface area contributed by atoms with Crippen molar-refractivity contribution in [1.29, 1.82) is 0 Å². The molecule has 0 radical (unpaired) electrons. The van der Waals surface area contributed by atoms with Crippen molar-refractivity contribution in [2.45, 2.75) is 27.7 Å². The highest BCUT2D eigenvalue weighted by Crippen LogP contribution is 2.26. The highest BCUT2D eigenvalue weighted by atomic mass is 16.4. The van der Waals surface area contributed by atoms with E-state index in [0.29, 0.717) is 0 Å². The van der Waals surface area contributed by atoms with Crippen LogP contribution in [0.15, 0.2) is 18.2 Å². The molecule has 0 bridgehead atoms. The first-order valence-corrected chi connectivity index (χ1v) is 5.76. The quantitative estimate of drug-likeness (QED) is 0.837. The Kier molecular flexibility index (Phi) is 3.79. The third-order valence-electron chi connectivity index (χ3n) is 3.09. The molecule has 0 heterocycles. The van der Waals surface area contributed by atoms with Gasteiger partial charge in [0.15, 0.2) is 0 Å². The number of carbonyl (C=O) groups excluding carboxylic acids is 1. The summed E-state index contributed by atoms with van der Waals surface area (Å²) in [5.74, 6) is -1.55. The van der Waals surface area contributed by atoms with Gasteiger partial charge >= 0.3 is 5.97 Å². The van der Waals surface area contributed by atoms with Gasteiger partial charge in [-0.1, -0.05) is 17.7 Å². The molecular formula is C14H19NO3. The van der Waals surface area contributed by atoms with E-state index in [0.717, 1.165) is 16.8 Å². The number of aryl methyl sites for hydroxylation is 2. The monoisotopic (exact) mass is 249 g/mol. The number of anilines is 1. The maximum absolute atomic E-state index is 12.2.